The minimum Gasteiger partial charge on any atom is -0.495 e. The van der Waals surface area contributed by atoms with Crippen molar-refractivity contribution in [3.05, 3.63) is 48.2 Å². The number of halogens is 3. The Morgan fingerprint density at radius 2 is 1.78 bits per heavy atom. The van der Waals surface area contributed by atoms with Crippen LogP contribution in [0.3, 0.4) is 0 Å². The molecular weight excluding hydrogens is 607 g/mol. The van der Waals surface area contributed by atoms with Gasteiger partial charge in [-0.1, -0.05) is 12.0 Å². The van der Waals surface area contributed by atoms with Gasteiger partial charge in [-0.15, -0.1) is 0 Å². The Hall–Kier alpha value is -3.44. The molecule has 2 aromatic carbocycles. The molecule has 45 heavy (non-hydrogen) atoms. The van der Waals surface area contributed by atoms with Crippen LogP contribution < -0.4 is 15.4 Å². The van der Waals surface area contributed by atoms with E-state index in [1.54, 1.807) is 24.3 Å². The second-order valence-corrected chi connectivity index (χ2v) is 13.7. The van der Waals surface area contributed by atoms with Crippen LogP contribution in [-0.4, -0.2) is 94.5 Å². The molecule has 2 aliphatic rings. The van der Waals surface area contributed by atoms with Crippen molar-refractivity contribution in [2.24, 2.45) is 0 Å². The molecule has 0 amide bonds. The van der Waals surface area contributed by atoms with E-state index in [9.17, 15) is 21.6 Å². The van der Waals surface area contributed by atoms with Crippen molar-refractivity contribution in [1.82, 2.24) is 13.8 Å². The van der Waals surface area contributed by atoms with Gasteiger partial charge in [-0.3, -0.25) is 4.90 Å². The lowest BCUT2D eigenvalue weighted by atomic mass is 9.89. The Labute approximate surface area is 262 Å². The first kappa shape index (κ1) is 32.9. The molecular formula is C32H40F3N5O4S. The minimum atomic E-state index is -4.43. The molecule has 0 atom stereocenters. The Morgan fingerprint density at radius 3 is 2.44 bits per heavy atom. The van der Waals surface area contributed by atoms with Gasteiger partial charge in [-0.25, -0.2) is 12.7 Å². The van der Waals surface area contributed by atoms with E-state index in [0.717, 1.165) is 62.0 Å². The molecule has 0 bridgehead atoms. The van der Waals surface area contributed by atoms with Gasteiger partial charge in [0.25, 0.3) is 0 Å². The number of rotatable bonds is 9. The van der Waals surface area contributed by atoms with Gasteiger partial charge >= 0.3 is 6.18 Å². The molecule has 13 heteroatoms. The van der Waals surface area contributed by atoms with Crippen LogP contribution in [0.2, 0.25) is 0 Å². The Morgan fingerprint density at radius 1 is 1.04 bits per heavy atom. The number of anilines is 2. The number of fused-ring (bicyclic) bond motifs is 1. The summed E-state index contributed by atoms with van der Waals surface area (Å²) in [6.45, 7) is 2.44. The Balaban J connectivity index is 1.32. The summed E-state index contributed by atoms with van der Waals surface area (Å²) in [5.74, 6) is 6.15. The van der Waals surface area contributed by atoms with Crippen LogP contribution in [0.5, 0.6) is 5.75 Å². The highest BCUT2D eigenvalue weighted by Gasteiger charge is 2.31. The number of nitrogens with zero attached hydrogens (tertiary/aromatic N) is 3. The smallest absolute Gasteiger partial charge is 0.406 e. The number of morpholine rings is 1. The second-order valence-electron chi connectivity index (χ2n) is 11.6. The average molecular weight is 648 g/mol. The zero-order chi connectivity index (χ0) is 32.2. The molecule has 1 aliphatic heterocycles. The van der Waals surface area contributed by atoms with E-state index in [2.05, 4.69) is 27.4 Å². The normalized spacial score (nSPS) is 19.7. The van der Waals surface area contributed by atoms with Gasteiger partial charge in [0.1, 0.15) is 12.3 Å². The zero-order valence-electron chi connectivity index (χ0n) is 25.8. The van der Waals surface area contributed by atoms with Crippen LogP contribution in [0.1, 0.15) is 31.4 Å². The molecule has 2 heterocycles. The first-order valence-corrected chi connectivity index (χ1v) is 16.5. The number of alkyl halides is 3. The fourth-order valence-electron chi connectivity index (χ4n) is 6.07. The number of hydrogen-bond acceptors (Lipinski definition) is 7. The molecule has 0 unspecified atom stereocenters. The van der Waals surface area contributed by atoms with E-state index in [1.807, 2.05) is 6.07 Å². The monoisotopic (exact) mass is 647 g/mol. The molecule has 1 saturated heterocycles. The highest BCUT2D eigenvalue weighted by Crippen LogP contribution is 2.33. The fourth-order valence-corrected chi connectivity index (χ4v) is 6.99. The summed E-state index contributed by atoms with van der Waals surface area (Å²) in [6, 6.07) is 12.3. The van der Waals surface area contributed by atoms with Crippen LogP contribution in [-0.2, 0) is 21.3 Å². The first-order valence-electron chi connectivity index (χ1n) is 15.1. The number of sulfonamides is 1. The van der Waals surface area contributed by atoms with Crippen molar-refractivity contribution in [3.8, 4) is 17.6 Å². The van der Waals surface area contributed by atoms with Gasteiger partial charge in [-0.05, 0) is 61.9 Å². The van der Waals surface area contributed by atoms with Crippen molar-refractivity contribution in [1.29, 1.82) is 0 Å². The largest absolute Gasteiger partial charge is 0.495 e. The molecule has 9 nitrogen and oxygen atoms in total. The third kappa shape index (κ3) is 7.87. The van der Waals surface area contributed by atoms with Gasteiger partial charge in [0.05, 0.1) is 48.7 Å². The fraction of sp³-hybridized carbons (Fsp3) is 0.500. The van der Waals surface area contributed by atoms with Crippen molar-refractivity contribution in [2.75, 3.05) is 64.7 Å². The predicted octanol–water partition coefficient (Wildman–Crippen LogP) is 4.98. The Kier molecular flexibility index (Phi) is 10.2. The first-order chi connectivity index (χ1) is 21.5. The van der Waals surface area contributed by atoms with Crippen LogP contribution in [0.15, 0.2) is 47.4 Å². The van der Waals surface area contributed by atoms with Crippen LogP contribution in [0.25, 0.3) is 10.9 Å². The maximum absolute atomic E-state index is 13.7. The quantitative estimate of drug-likeness (QED) is 0.317. The molecule has 244 valence electrons. The van der Waals surface area contributed by atoms with Crippen molar-refractivity contribution in [3.63, 3.8) is 0 Å². The molecule has 1 aliphatic carbocycles. The van der Waals surface area contributed by atoms with E-state index >= 15 is 0 Å². The third-order valence-electron chi connectivity index (χ3n) is 8.44. The van der Waals surface area contributed by atoms with Crippen LogP contribution in [0, 0.1) is 11.8 Å². The maximum atomic E-state index is 13.7. The van der Waals surface area contributed by atoms with Crippen LogP contribution in [0.4, 0.5) is 24.5 Å². The Bertz CT molecular complexity index is 1650. The third-order valence-corrected chi connectivity index (χ3v) is 10.2. The number of benzene rings is 2. The van der Waals surface area contributed by atoms with Gasteiger partial charge in [0, 0.05) is 56.4 Å². The van der Waals surface area contributed by atoms with Gasteiger partial charge < -0.3 is 24.7 Å². The molecule has 2 N–H and O–H groups in total. The number of methoxy groups -OCH3 is 1. The molecule has 5 rings (SSSR count). The van der Waals surface area contributed by atoms with Crippen molar-refractivity contribution in [2.45, 2.75) is 55.4 Å². The lowest BCUT2D eigenvalue weighted by Gasteiger charge is -2.39. The van der Waals surface area contributed by atoms with Crippen LogP contribution >= 0.6 is 0 Å². The van der Waals surface area contributed by atoms with E-state index < -0.39 is 22.7 Å². The summed E-state index contributed by atoms with van der Waals surface area (Å²) in [4.78, 5) is 2.59. The number of hydrogen-bond donors (Lipinski definition) is 2. The number of nitrogens with one attached hydrogen (secondary N) is 2. The zero-order valence-corrected chi connectivity index (χ0v) is 26.6. The topological polar surface area (TPSA) is 88.1 Å². The standard InChI is InChI=1S/C32H40F3N5O4S/c1-38(2)45(41,42)26-13-14-29(31(21-26)43-3)36-15-5-6-25-20-27-28(7-4-8-30(27)40(25)22-32(33,34)35)37-23-9-11-24(12-10-23)39-16-18-44-19-17-39/h4,7-8,13-14,20-21,23-24,36-37H,9-12,15-19,22H2,1-3H3. The minimum absolute atomic E-state index is 0.0761. The number of aromatic nitrogens is 1. The lowest BCUT2D eigenvalue weighted by Crippen LogP contribution is -2.46. The lowest BCUT2D eigenvalue weighted by molar-refractivity contribution is -0.140. The van der Waals surface area contributed by atoms with E-state index in [4.69, 9.17) is 9.47 Å². The van der Waals surface area contributed by atoms with E-state index in [-0.39, 0.29) is 23.2 Å². The molecule has 1 aromatic heterocycles. The molecule has 0 spiro atoms. The SMILES string of the molecule is COc1cc(S(=O)(=O)N(C)C)ccc1NCC#Cc1cc2c(NC3CCC(N4CCOCC4)CC3)cccc2n1CC(F)(F)F. The second kappa shape index (κ2) is 13.9. The van der Waals surface area contributed by atoms with E-state index in [0.29, 0.717) is 28.4 Å². The summed E-state index contributed by atoms with van der Waals surface area (Å²) in [5.41, 5.74) is 2.04. The maximum Gasteiger partial charge on any atom is 0.406 e. The summed E-state index contributed by atoms with van der Waals surface area (Å²) in [6.07, 6.45) is -0.294. The summed E-state index contributed by atoms with van der Waals surface area (Å²) in [5, 5.41) is 7.39. The van der Waals surface area contributed by atoms with Gasteiger partial charge in [0.2, 0.25) is 10.0 Å². The van der Waals surface area contributed by atoms with Crippen molar-refractivity contribution < 1.29 is 31.1 Å². The van der Waals surface area contributed by atoms with Gasteiger partial charge in [-0.2, -0.15) is 13.2 Å². The summed E-state index contributed by atoms with van der Waals surface area (Å²) >= 11 is 0. The molecule has 1 saturated carbocycles. The highest BCUT2D eigenvalue weighted by molar-refractivity contribution is 7.89. The molecule has 3 aromatic rings. The summed E-state index contributed by atoms with van der Waals surface area (Å²) in [7, 11) is 0.663. The predicted molar refractivity (Wildman–Crippen MR) is 169 cm³/mol. The average Bonchev–Trinajstić information content (AvgIpc) is 3.36. The highest BCUT2D eigenvalue weighted by atomic mass is 32.2. The molecule has 0 radical (unpaired) electrons. The van der Waals surface area contributed by atoms with Crippen molar-refractivity contribution >= 4 is 32.3 Å². The molecule has 2 fully saturated rings. The summed E-state index contributed by atoms with van der Waals surface area (Å²) < 4.78 is 79.2. The van der Waals surface area contributed by atoms with Gasteiger partial charge in [0.15, 0.2) is 0 Å². The number of ether oxygens (including phenoxy) is 2. The van der Waals surface area contributed by atoms with E-state index in [1.165, 1.54) is 37.9 Å².